The van der Waals surface area contributed by atoms with Crippen LogP contribution in [0, 0.1) is 11.3 Å². The van der Waals surface area contributed by atoms with Crippen LogP contribution in [0.25, 0.3) is 0 Å². The molecule has 0 N–H and O–H groups in total. The van der Waals surface area contributed by atoms with E-state index < -0.39 is 11.3 Å². The Kier molecular flexibility index (Phi) is 6.75. The van der Waals surface area contributed by atoms with Crippen molar-refractivity contribution < 1.29 is 23.9 Å². The number of fused-ring (bicyclic) bond motifs is 1. The molecule has 0 aromatic carbocycles. The molecule has 28 heavy (non-hydrogen) atoms. The summed E-state index contributed by atoms with van der Waals surface area (Å²) in [6.07, 6.45) is 7.97. The van der Waals surface area contributed by atoms with Gasteiger partial charge in [-0.15, -0.1) is 0 Å². The summed E-state index contributed by atoms with van der Waals surface area (Å²) in [5, 5.41) is 0. The van der Waals surface area contributed by atoms with Gasteiger partial charge in [0, 0.05) is 45.5 Å². The Balaban J connectivity index is 1.94. The average Bonchev–Trinajstić information content (AvgIpc) is 3.24. The highest BCUT2D eigenvalue weighted by Gasteiger charge is 2.61. The van der Waals surface area contributed by atoms with Crippen molar-refractivity contribution in [2.24, 2.45) is 11.3 Å². The molecular weight excluding hydrogens is 360 g/mol. The molecule has 0 aromatic heterocycles. The van der Waals surface area contributed by atoms with E-state index in [1.54, 1.807) is 12.0 Å². The van der Waals surface area contributed by atoms with Crippen LogP contribution in [0.2, 0.25) is 0 Å². The van der Waals surface area contributed by atoms with Crippen molar-refractivity contribution >= 4 is 17.8 Å². The quantitative estimate of drug-likeness (QED) is 0.490. The Hall–Kier alpha value is -1.89. The first-order chi connectivity index (χ1) is 13.6. The van der Waals surface area contributed by atoms with Gasteiger partial charge < -0.3 is 19.3 Å². The Morgan fingerprint density at radius 3 is 2.61 bits per heavy atom. The van der Waals surface area contributed by atoms with Crippen molar-refractivity contribution in [3.05, 3.63) is 11.8 Å². The van der Waals surface area contributed by atoms with Gasteiger partial charge in [0.15, 0.2) is 0 Å². The molecule has 0 radical (unpaired) electrons. The van der Waals surface area contributed by atoms with E-state index in [2.05, 4.69) is 0 Å². The molecule has 3 aliphatic rings. The number of esters is 1. The fourth-order valence-corrected chi connectivity index (χ4v) is 4.98. The second-order valence-electron chi connectivity index (χ2n) is 7.98. The molecule has 2 fully saturated rings. The number of hydrogen-bond donors (Lipinski definition) is 0. The van der Waals surface area contributed by atoms with Gasteiger partial charge in [-0.25, -0.2) is 0 Å². The van der Waals surface area contributed by atoms with Gasteiger partial charge in [0.25, 0.3) is 0 Å². The number of allylic oxidation sites excluding steroid dienone is 1. The normalized spacial score (nSPS) is 27.4. The minimum absolute atomic E-state index is 0.0264. The average molecular weight is 392 g/mol. The highest BCUT2D eigenvalue weighted by molar-refractivity contribution is 5.98. The van der Waals surface area contributed by atoms with Crippen molar-refractivity contribution in [3.8, 4) is 0 Å². The molecule has 2 heterocycles. The number of rotatable bonds is 7. The molecule has 0 bridgehead atoms. The van der Waals surface area contributed by atoms with Gasteiger partial charge in [-0.05, 0) is 38.5 Å². The Morgan fingerprint density at radius 2 is 1.93 bits per heavy atom. The highest BCUT2D eigenvalue weighted by Crippen LogP contribution is 2.53. The monoisotopic (exact) mass is 392 g/mol. The van der Waals surface area contributed by atoms with Crippen LogP contribution in [0.15, 0.2) is 11.8 Å². The number of nitrogens with zero attached hydrogens (tertiary/aromatic N) is 2. The zero-order valence-electron chi connectivity index (χ0n) is 17.1. The van der Waals surface area contributed by atoms with Crippen LogP contribution in [-0.4, -0.2) is 68.0 Å². The number of amides is 2. The van der Waals surface area contributed by atoms with Gasteiger partial charge in [0.05, 0.1) is 13.0 Å². The summed E-state index contributed by atoms with van der Waals surface area (Å²) in [5.74, 6) is -1.22. The van der Waals surface area contributed by atoms with Crippen LogP contribution in [0.3, 0.4) is 0 Å². The maximum Gasteiger partial charge on any atom is 0.318 e. The smallest absolute Gasteiger partial charge is 0.318 e. The second-order valence-corrected chi connectivity index (χ2v) is 7.98. The minimum Gasteiger partial charge on any atom is -0.468 e. The Bertz CT molecular complexity index is 641. The molecular formula is C21H32N2O5. The molecule has 0 spiro atoms. The van der Waals surface area contributed by atoms with Crippen LogP contribution >= 0.6 is 0 Å². The van der Waals surface area contributed by atoms with E-state index in [1.165, 1.54) is 7.11 Å². The summed E-state index contributed by atoms with van der Waals surface area (Å²) < 4.78 is 10.3. The Morgan fingerprint density at radius 1 is 1.18 bits per heavy atom. The maximum atomic E-state index is 13.4. The van der Waals surface area contributed by atoms with Crippen molar-refractivity contribution in [3.63, 3.8) is 0 Å². The first-order valence-corrected chi connectivity index (χ1v) is 10.4. The molecule has 2 atom stereocenters. The van der Waals surface area contributed by atoms with E-state index in [9.17, 15) is 14.4 Å². The first-order valence-electron chi connectivity index (χ1n) is 10.4. The lowest BCUT2D eigenvalue weighted by Gasteiger charge is -2.32. The van der Waals surface area contributed by atoms with Gasteiger partial charge >= 0.3 is 5.97 Å². The third-order valence-corrected chi connectivity index (χ3v) is 6.39. The van der Waals surface area contributed by atoms with Crippen molar-refractivity contribution in [1.82, 2.24) is 9.80 Å². The van der Waals surface area contributed by atoms with Crippen molar-refractivity contribution in [1.29, 1.82) is 0 Å². The fraction of sp³-hybridized carbons (Fsp3) is 0.762. The lowest BCUT2D eigenvalue weighted by atomic mass is 9.71. The molecule has 0 saturated carbocycles. The summed E-state index contributed by atoms with van der Waals surface area (Å²) in [4.78, 5) is 42.9. The molecule has 156 valence electrons. The van der Waals surface area contributed by atoms with Crippen molar-refractivity contribution in [2.45, 2.75) is 51.4 Å². The maximum absolute atomic E-state index is 13.4. The van der Waals surface area contributed by atoms with Gasteiger partial charge in [-0.2, -0.15) is 0 Å². The highest BCUT2D eigenvalue weighted by atomic mass is 16.5. The van der Waals surface area contributed by atoms with Crippen LogP contribution < -0.4 is 0 Å². The van der Waals surface area contributed by atoms with Crippen molar-refractivity contribution in [2.75, 3.05) is 40.5 Å². The number of hydrogen-bond acceptors (Lipinski definition) is 5. The summed E-state index contributed by atoms with van der Waals surface area (Å²) in [6, 6.07) is 0. The van der Waals surface area contributed by atoms with Gasteiger partial charge in [-0.3, -0.25) is 14.4 Å². The first kappa shape index (κ1) is 20.8. The number of carbonyl (C=O) groups excluding carboxylic acids is 3. The summed E-state index contributed by atoms with van der Waals surface area (Å²) in [5.41, 5.74) is -0.290. The van der Waals surface area contributed by atoms with Crippen LogP contribution in [0.4, 0.5) is 0 Å². The van der Waals surface area contributed by atoms with E-state index >= 15 is 0 Å². The van der Waals surface area contributed by atoms with E-state index in [-0.39, 0.29) is 24.2 Å². The number of likely N-dealkylation sites (tertiary alicyclic amines) is 2. The largest absolute Gasteiger partial charge is 0.468 e. The third-order valence-electron chi connectivity index (χ3n) is 6.39. The van der Waals surface area contributed by atoms with Gasteiger partial charge in [0.1, 0.15) is 5.41 Å². The standard InChI is InChI=1S/C21H32N2O5/c1-27-14-8-13-23-17-9-4-3-5-10-21(17,20(26)28-2)16(19(23)25)15-18(24)22-11-6-7-12-22/h9,16H,3-8,10-15H2,1-2H3/t16-,21+/m0/s1. The predicted octanol–water partition coefficient (Wildman–Crippen LogP) is 2.11. The van der Waals surface area contributed by atoms with Gasteiger partial charge in [0.2, 0.25) is 11.8 Å². The summed E-state index contributed by atoms with van der Waals surface area (Å²) >= 11 is 0. The lowest BCUT2D eigenvalue weighted by molar-refractivity contribution is -0.156. The molecule has 1 aliphatic carbocycles. The van der Waals surface area contributed by atoms with Crippen LogP contribution in [-0.2, 0) is 23.9 Å². The fourth-order valence-electron chi connectivity index (χ4n) is 4.98. The van der Waals surface area contributed by atoms with Crippen LogP contribution in [0.5, 0.6) is 0 Å². The van der Waals surface area contributed by atoms with E-state index in [1.807, 2.05) is 11.0 Å². The lowest BCUT2D eigenvalue weighted by Crippen LogP contribution is -2.42. The number of carbonyl (C=O) groups is 3. The molecule has 0 aromatic rings. The number of ether oxygens (including phenoxy) is 2. The molecule has 2 amide bonds. The molecule has 2 aliphatic heterocycles. The molecule has 3 rings (SSSR count). The SMILES string of the molecule is COCCCN1C(=O)[C@H](CC(=O)N2CCCC2)[C@]2(C(=O)OC)CCCCC=C12. The summed E-state index contributed by atoms with van der Waals surface area (Å²) in [6.45, 7) is 2.52. The summed E-state index contributed by atoms with van der Waals surface area (Å²) in [7, 11) is 3.00. The van der Waals surface area contributed by atoms with Crippen LogP contribution in [0.1, 0.15) is 51.4 Å². The second kappa shape index (κ2) is 9.07. The third kappa shape index (κ3) is 3.69. The Labute approximate surface area is 167 Å². The number of methoxy groups -OCH3 is 2. The van der Waals surface area contributed by atoms with E-state index in [0.717, 1.165) is 50.9 Å². The molecule has 2 saturated heterocycles. The van der Waals surface area contributed by atoms with Gasteiger partial charge in [-0.1, -0.05) is 12.5 Å². The zero-order valence-corrected chi connectivity index (χ0v) is 17.1. The molecule has 7 nitrogen and oxygen atoms in total. The zero-order chi connectivity index (χ0) is 20.1. The van der Waals surface area contributed by atoms with E-state index in [4.69, 9.17) is 9.47 Å². The minimum atomic E-state index is -1.04. The topological polar surface area (TPSA) is 76.2 Å². The molecule has 0 unspecified atom stereocenters. The molecule has 7 heteroatoms. The predicted molar refractivity (Wildman–Crippen MR) is 103 cm³/mol. The van der Waals surface area contributed by atoms with E-state index in [0.29, 0.717) is 26.0 Å².